The van der Waals surface area contributed by atoms with Gasteiger partial charge in [0.25, 0.3) is 5.91 Å². The molecular formula is C16H14ClN3O2. The zero-order chi connectivity index (χ0) is 15.5. The number of nitrogens with zero attached hydrogens (tertiary/aromatic N) is 1. The first-order valence-electron chi connectivity index (χ1n) is 6.86. The Labute approximate surface area is 132 Å². The number of hydrogen-bond acceptors (Lipinski definition) is 2. The van der Waals surface area contributed by atoms with Crippen molar-refractivity contribution >= 4 is 34.9 Å². The molecule has 1 heterocycles. The number of anilines is 2. The average molecular weight is 316 g/mol. The molecule has 3 rings (SSSR count). The van der Waals surface area contributed by atoms with Crippen molar-refractivity contribution in [1.29, 1.82) is 0 Å². The van der Waals surface area contributed by atoms with Gasteiger partial charge in [0, 0.05) is 24.5 Å². The molecule has 3 amide bonds. The summed E-state index contributed by atoms with van der Waals surface area (Å²) in [6.07, 6.45) is 0. The highest BCUT2D eigenvalue weighted by molar-refractivity contribution is 6.34. The lowest BCUT2D eigenvalue weighted by atomic mass is 10.2. The lowest BCUT2D eigenvalue weighted by molar-refractivity contribution is 0.102. The lowest BCUT2D eigenvalue weighted by Gasteiger charge is -2.15. The Hall–Kier alpha value is -2.53. The topological polar surface area (TPSA) is 61.4 Å². The highest BCUT2D eigenvalue weighted by atomic mass is 35.5. The molecular weight excluding hydrogens is 302 g/mol. The molecule has 0 aliphatic carbocycles. The van der Waals surface area contributed by atoms with Crippen LogP contribution in [-0.2, 0) is 0 Å². The molecule has 1 aliphatic rings. The standard InChI is InChI=1S/C16H14ClN3O2/c17-14-7-2-1-6-13(14)15(21)19-11-4-3-5-12(10-11)20-9-8-18-16(20)22/h1-7,10H,8-9H2,(H,18,22)(H,19,21). The zero-order valence-electron chi connectivity index (χ0n) is 11.7. The molecule has 0 bridgehead atoms. The summed E-state index contributed by atoms with van der Waals surface area (Å²) >= 11 is 6.02. The zero-order valence-corrected chi connectivity index (χ0v) is 12.4. The molecule has 1 aliphatic heterocycles. The summed E-state index contributed by atoms with van der Waals surface area (Å²) in [4.78, 5) is 25.6. The molecule has 2 N–H and O–H groups in total. The van der Waals surface area contributed by atoms with Gasteiger partial charge in [-0.1, -0.05) is 29.8 Å². The molecule has 0 unspecified atom stereocenters. The highest BCUT2D eigenvalue weighted by Gasteiger charge is 2.21. The predicted molar refractivity (Wildman–Crippen MR) is 86.6 cm³/mol. The SMILES string of the molecule is O=C(Nc1cccc(N2CCNC2=O)c1)c1ccccc1Cl. The van der Waals surface area contributed by atoms with Crippen molar-refractivity contribution in [2.75, 3.05) is 23.3 Å². The van der Waals surface area contributed by atoms with E-state index in [1.165, 1.54) is 0 Å². The smallest absolute Gasteiger partial charge is 0.321 e. The van der Waals surface area contributed by atoms with Gasteiger partial charge in [-0.3, -0.25) is 9.69 Å². The highest BCUT2D eigenvalue weighted by Crippen LogP contribution is 2.22. The first kappa shape index (κ1) is 14.4. The maximum absolute atomic E-state index is 12.2. The van der Waals surface area contributed by atoms with Crippen LogP contribution in [0.25, 0.3) is 0 Å². The second kappa shape index (κ2) is 6.07. The molecule has 5 nitrogen and oxygen atoms in total. The number of benzene rings is 2. The van der Waals surface area contributed by atoms with E-state index in [2.05, 4.69) is 10.6 Å². The van der Waals surface area contributed by atoms with Crippen molar-refractivity contribution < 1.29 is 9.59 Å². The first-order chi connectivity index (χ1) is 10.6. The third-order valence-electron chi connectivity index (χ3n) is 3.39. The molecule has 1 fully saturated rings. The molecule has 0 saturated carbocycles. The number of nitrogens with one attached hydrogen (secondary N) is 2. The maximum atomic E-state index is 12.2. The van der Waals surface area contributed by atoms with Gasteiger partial charge in [0.2, 0.25) is 0 Å². The second-order valence-corrected chi connectivity index (χ2v) is 5.28. The third kappa shape index (κ3) is 2.89. The van der Waals surface area contributed by atoms with Crippen LogP contribution in [0.4, 0.5) is 16.2 Å². The number of halogens is 1. The van der Waals surface area contributed by atoms with Gasteiger partial charge in [-0.15, -0.1) is 0 Å². The molecule has 2 aromatic carbocycles. The summed E-state index contributed by atoms with van der Waals surface area (Å²) in [5.74, 6) is -0.284. The van der Waals surface area contributed by atoms with Crippen LogP contribution in [0.3, 0.4) is 0 Å². The van der Waals surface area contributed by atoms with Crippen molar-refractivity contribution in [2.24, 2.45) is 0 Å². The third-order valence-corrected chi connectivity index (χ3v) is 3.72. The van der Waals surface area contributed by atoms with Gasteiger partial charge in [0.05, 0.1) is 10.6 Å². The molecule has 2 aromatic rings. The van der Waals surface area contributed by atoms with E-state index in [0.717, 1.165) is 5.69 Å². The predicted octanol–water partition coefficient (Wildman–Crippen LogP) is 3.12. The normalized spacial score (nSPS) is 13.9. The Morgan fingerprint density at radius 3 is 2.73 bits per heavy atom. The molecule has 0 radical (unpaired) electrons. The van der Waals surface area contributed by atoms with Crippen LogP contribution >= 0.6 is 11.6 Å². The van der Waals surface area contributed by atoms with Gasteiger partial charge < -0.3 is 10.6 Å². The number of urea groups is 1. The van der Waals surface area contributed by atoms with Crippen molar-refractivity contribution in [2.45, 2.75) is 0 Å². The molecule has 1 saturated heterocycles. The van der Waals surface area contributed by atoms with E-state index in [4.69, 9.17) is 11.6 Å². The quantitative estimate of drug-likeness (QED) is 0.914. The number of amides is 3. The average Bonchev–Trinajstić information content (AvgIpc) is 2.94. The van der Waals surface area contributed by atoms with E-state index in [-0.39, 0.29) is 11.9 Å². The Kier molecular flexibility index (Phi) is 3.98. The monoisotopic (exact) mass is 315 g/mol. The van der Waals surface area contributed by atoms with Crippen LogP contribution in [0.5, 0.6) is 0 Å². The van der Waals surface area contributed by atoms with E-state index in [1.54, 1.807) is 47.4 Å². The minimum atomic E-state index is -0.284. The van der Waals surface area contributed by atoms with Gasteiger partial charge >= 0.3 is 6.03 Å². The molecule has 0 aromatic heterocycles. The number of hydrogen-bond donors (Lipinski definition) is 2. The van der Waals surface area contributed by atoms with Crippen molar-refractivity contribution in [3.63, 3.8) is 0 Å². The summed E-state index contributed by atoms with van der Waals surface area (Å²) in [6.45, 7) is 1.23. The summed E-state index contributed by atoms with van der Waals surface area (Å²) in [5, 5.41) is 5.94. The van der Waals surface area contributed by atoms with Crippen molar-refractivity contribution in [3.05, 3.63) is 59.1 Å². The van der Waals surface area contributed by atoms with E-state index < -0.39 is 0 Å². The summed E-state index contributed by atoms with van der Waals surface area (Å²) in [7, 11) is 0. The Morgan fingerprint density at radius 1 is 1.18 bits per heavy atom. The van der Waals surface area contributed by atoms with Crippen LogP contribution in [0.2, 0.25) is 5.02 Å². The fourth-order valence-electron chi connectivity index (χ4n) is 2.31. The molecule has 6 heteroatoms. The molecule has 0 spiro atoms. The number of carbonyl (C=O) groups is 2. The van der Waals surface area contributed by atoms with Gasteiger partial charge in [-0.25, -0.2) is 4.79 Å². The van der Waals surface area contributed by atoms with Crippen molar-refractivity contribution in [3.8, 4) is 0 Å². The lowest BCUT2D eigenvalue weighted by Crippen LogP contribution is -2.27. The van der Waals surface area contributed by atoms with Crippen molar-refractivity contribution in [1.82, 2.24) is 5.32 Å². The van der Waals surface area contributed by atoms with E-state index in [0.29, 0.717) is 29.4 Å². The summed E-state index contributed by atoms with van der Waals surface area (Å²) < 4.78 is 0. The van der Waals surface area contributed by atoms with Gasteiger partial charge in [-0.05, 0) is 30.3 Å². The van der Waals surface area contributed by atoms with Crippen LogP contribution in [0.1, 0.15) is 10.4 Å². The number of carbonyl (C=O) groups excluding carboxylic acids is 2. The molecule has 22 heavy (non-hydrogen) atoms. The largest absolute Gasteiger partial charge is 0.336 e. The minimum absolute atomic E-state index is 0.130. The number of rotatable bonds is 3. The first-order valence-corrected chi connectivity index (χ1v) is 7.24. The van der Waals surface area contributed by atoms with Gasteiger partial charge in [0.15, 0.2) is 0 Å². The fourth-order valence-corrected chi connectivity index (χ4v) is 2.53. The van der Waals surface area contributed by atoms with Crippen LogP contribution in [0, 0.1) is 0 Å². The Balaban J connectivity index is 1.80. The van der Waals surface area contributed by atoms with Crippen LogP contribution < -0.4 is 15.5 Å². The van der Waals surface area contributed by atoms with E-state index in [9.17, 15) is 9.59 Å². The van der Waals surface area contributed by atoms with Gasteiger partial charge in [0.1, 0.15) is 0 Å². The summed E-state index contributed by atoms with van der Waals surface area (Å²) in [6, 6.07) is 13.9. The van der Waals surface area contributed by atoms with E-state index >= 15 is 0 Å². The van der Waals surface area contributed by atoms with Crippen LogP contribution in [-0.4, -0.2) is 25.0 Å². The van der Waals surface area contributed by atoms with Gasteiger partial charge in [-0.2, -0.15) is 0 Å². The Bertz CT molecular complexity index is 733. The summed E-state index contributed by atoms with van der Waals surface area (Å²) in [5.41, 5.74) is 1.77. The molecule has 112 valence electrons. The fraction of sp³-hybridized carbons (Fsp3) is 0.125. The van der Waals surface area contributed by atoms with Crippen LogP contribution in [0.15, 0.2) is 48.5 Å². The molecule has 0 atom stereocenters. The van der Waals surface area contributed by atoms with E-state index in [1.807, 2.05) is 6.07 Å². The minimum Gasteiger partial charge on any atom is -0.336 e. The Morgan fingerprint density at radius 2 is 2.00 bits per heavy atom. The maximum Gasteiger partial charge on any atom is 0.321 e. The second-order valence-electron chi connectivity index (χ2n) is 4.87.